The Morgan fingerprint density at radius 3 is 2.53 bits per heavy atom. The van der Waals surface area contributed by atoms with Crippen LogP contribution in [0.15, 0.2) is 0 Å². The lowest BCUT2D eigenvalue weighted by Crippen LogP contribution is -2.54. The molecule has 1 aliphatic carbocycles. The first-order valence-corrected chi connectivity index (χ1v) is 7.97. The lowest BCUT2D eigenvalue weighted by atomic mass is 9.94. The Morgan fingerprint density at radius 2 is 1.95 bits per heavy atom. The molecule has 108 valence electrons. The summed E-state index contributed by atoms with van der Waals surface area (Å²) < 4.78 is 0. The van der Waals surface area contributed by atoms with E-state index >= 15 is 0 Å². The van der Waals surface area contributed by atoms with E-state index in [0.29, 0.717) is 6.04 Å². The SMILES string of the molecule is CC(C)NC(C)(C#N)CN1CCCC1C1CCCC1. The van der Waals surface area contributed by atoms with E-state index in [1.54, 1.807) is 0 Å². The van der Waals surface area contributed by atoms with Crippen LogP contribution in [0.5, 0.6) is 0 Å². The van der Waals surface area contributed by atoms with Gasteiger partial charge >= 0.3 is 0 Å². The summed E-state index contributed by atoms with van der Waals surface area (Å²) in [4.78, 5) is 2.59. The normalized spacial score (nSPS) is 28.7. The van der Waals surface area contributed by atoms with Gasteiger partial charge < -0.3 is 0 Å². The third-order valence-electron chi connectivity index (χ3n) is 4.73. The van der Waals surface area contributed by atoms with Gasteiger partial charge in [0.1, 0.15) is 5.54 Å². The van der Waals surface area contributed by atoms with Gasteiger partial charge in [0.05, 0.1) is 6.07 Å². The number of nitrogens with zero attached hydrogens (tertiary/aromatic N) is 2. The standard InChI is InChI=1S/C16H29N3/c1-13(2)18-16(3,11-17)12-19-10-6-9-15(19)14-7-4-5-8-14/h13-15,18H,4-10,12H2,1-3H3. The highest BCUT2D eigenvalue weighted by Gasteiger charge is 2.37. The second-order valence-electron chi connectivity index (χ2n) is 6.97. The number of hydrogen-bond donors (Lipinski definition) is 1. The zero-order valence-electron chi connectivity index (χ0n) is 12.8. The van der Waals surface area contributed by atoms with Gasteiger partial charge in [0.15, 0.2) is 0 Å². The molecule has 3 nitrogen and oxygen atoms in total. The van der Waals surface area contributed by atoms with E-state index in [-0.39, 0.29) is 0 Å². The average Bonchev–Trinajstić information content (AvgIpc) is 2.97. The minimum Gasteiger partial charge on any atom is -0.297 e. The summed E-state index contributed by atoms with van der Waals surface area (Å²) in [7, 11) is 0. The Hall–Kier alpha value is -0.590. The first kappa shape index (κ1) is 14.8. The summed E-state index contributed by atoms with van der Waals surface area (Å²) in [5, 5.41) is 12.9. The molecule has 0 amide bonds. The van der Waals surface area contributed by atoms with Crippen LogP contribution in [0.4, 0.5) is 0 Å². The molecule has 2 aliphatic rings. The minimum atomic E-state index is -0.407. The van der Waals surface area contributed by atoms with Gasteiger partial charge in [-0.25, -0.2) is 0 Å². The number of nitriles is 1. The van der Waals surface area contributed by atoms with Gasteiger partial charge in [-0.05, 0) is 58.9 Å². The van der Waals surface area contributed by atoms with E-state index in [9.17, 15) is 5.26 Å². The van der Waals surface area contributed by atoms with Crippen molar-refractivity contribution in [1.29, 1.82) is 5.26 Å². The predicted octanol–water partition coefficient (Wildman–Crippen LogP) is 2.92. The quantitative estimate of drug-likeness (QED) is 0.829. The molecule has 2 atom stereocenters. The zero-order valence-corrected chi connectivity index (χ0v) is 12.8. The van der Waals surface area contributed by atoms with E-state index < -0.39 is 5.54 Å². The Labute approximate surface area is 118 Å². The molecular weight excluding hydrogens is 234 g/mol. The molecule has 0 aromatic rings. The second-order valence-corrected chi connectivity index (χ2v) is 6.97. The number of likely N-dealkylation sites (tertiary alicyclic amines) is 1. The Balaban J connectivity index is 1.98. The molecule has 2 fully saturated rings. The molecular formula is C16H29N3. The molecule has 2 rings (SSSR count). The van der Waals surface area contributed by atoms with Crippen molar-refractivity contribution in [2.24, 2.45) is 5.92 Å². The van der Waals surface area contributed by atoms with E-state index in [0.717, 1.165) is 18.5 Å². The molecule has 2 unspecified atom stereocenters. The highest BCUT2D eigenvalue weighted by molar-refractivity contribution is 5.08. The number of hydrogen-bond acceptors (Lipinski definition) is 3. The average molecular weight is 263 g/mol. The van der Waals surface area contributed by atoms with Crippen LogP contribution < -0.4 is 5.32 Å². The van der Waals surface area contributed by atoms with Gasteiger partial charge in [-0.3, -0.25) is 10.2 Å². The largest absolute Gasteiger partial charge is 0.297 e. The van der Waals surface area contributed by atoms with Crippen molar-refractivity contribution in [2.45, 2.75) is 76.9 Å². The van der Waals surface area contributed by atoms with Gasteiger partial charge in [0, 0.05) is 18.6 Å². The van der Waals surface area contributed by atoms with Crippen molar-refractivity contribution in [1.82, 2.24) is 10.2 Å². The third kappa shape index (κ3) is 3.70. The van der Waals surface area contributed by atoms with Crippen LogP contribution in [-0.4, -0.2) is 35.6 Å². The molecule has 0 aromatic carbocycles. The highest BCUT2D eigenvalue weighted by Crippen LogP contribution is 2.35. The summed E-state index contributed by atoms with van der Waals surface area (Å²) in [5.74, 6) is 0.893. The number of rotatable bonds is 5. The van der Waals surface area contributed by atoms with Crippen molar-refractivity contribution >= 4 is 0 Å². The highest BCUT2D eigenvalue weighted by atomic mass is 15.2. The maximum absolute atomic E-state index is 9.51. The summed E-state index contributed by atoms with van der Waals surface area (Å²) in [5.41, 5.74) is -0.407. The third-order valence-corrected chi connectivity index (χ3v) is 4.73. The van der Waals surface area contributed by atoms with E-state index in [2.05, 4.69) is 37.1 Å². The maximum atomic E-state index is 9.51. The van der Waals surface area contributed by atoms with Crippen molar-refractivity contribution in [2.75, 3.05) is 13.1 Å². The molecule has 1 N–H and O–H groups in total. The van der Waals surface area contributed by atoms with Gasteiger partial charge in [0.25, 0.3) is 0 Å². The summed E-state index contributed by atoms with van der Waals surface area (Å²) in [6.45, 7) is 8.35. The predicted molar refractivity (Wildman–Crippen MR) is 78.8 cm³/mol. The summed E-state index contributed by atoms with van der Waals surface area (Å²) in [6, 6.07) is 3.59. The van der Waals surface area contributed by atoms with Crippen LogP contribution in [0, 0.1) is 17.2 Å². The molecule has 19 heavy (non-hydrogen) atoms. The van der Waals surface area contributed by atoms with Gasteiger partial charge in [-0.15, -0.1) is 0 Å². The maximum Gasteiger partial charge on any atom is 0.116 e. The fourth-order valence-corrected chi connectivity index (χ4v) is 4.08. The first-order valence-electron chi connectivity index (χ1n) is 7.97. The van der Waals surface area contributed by atoms with Crippen LogP contribution in [0.3, 0.4) is 0 Å². The van der Waals surface area contributed by atoms with Gasteiger partial charge in [-0.2, -0.15) is 5.26 Å². The fraction of sp³-hybridized carbons (Fsp3) is 0.938. The van der Waals surface area contributed by atoms with E-state index in [1.165, 1.54) is 45.1 Å². The van der Waals surface area contributed by atoms with E-state index in [1.807, 2.05) is 0 Å². The van der Waals surface area contributed by atoms with Crippen LogP contribution >= 0.6 is 0 Å². The molecule has 1 heterocycles. The Bertz CT molecular complexity index is 327. The van der Waals surface area contributed by atoms with Crippen LogP contribution in [0.2, 0.25) is 0 Å². The number of nitrogens with one attached hydrogen (secondary N) is 1. The molecule has 1 aliphatic heterocycles. The summed E-state index contributed by atoms with van der Waals surface area (Å²) in [6.07, 6.45) is 8.28. The van der Waals surface area contributed by atoms with Crippen molar-refractivity contribution in [3.05, 3.63) is 0 Å². The van der Waals surface area contributed by atoms with Gasteiger partial charge in [-0.1, -0.05) is 12.8 Å². The molecule has 0 bridgehead atoms. The first-order chi connectivity index (χ1) is 9.04. The zero-order chi connectivity index (χ0) is 13.9. The smallest absolute Gasteiger partial charge is 0.116 e. The topological polar surface area (TPSA) is 39.1 Å². The lowest BCUT2D eigenvalue weighted by molar-refractivity contribution is 0.156. The lowest BCUT2D eigenvalue weighted by Gasteiger charge is -2.36. The van der Waals surface area contributed by atoms with Gasteiger partial charge in [0.2, 0.25) is 0 Å². The Kier molecular flexibility index (Phi) is 4.86. The van der Waals surface area contributed by atoms with Crippen LogP contribution in [0.25, 0.3) is 0 Å². The van der Waals surface area contributed by atoms with Crippen molar-refractivity contribution < 1.29 is 0 Å². The molecule has 1 saturated heterocycles. The Morgan fingerprint density at radius 1 is 1.26 bits per heavy atom. The van der Waals surface area contributed by atoms with Crippen molar-refractivity contribution in [3.63, 3.8) is 0 Å². The van der Waals surface area contributed by atoms with E-state index in [4.69, 9.17) is 0 Å². The molecule has 1 saturated carbocycles. The minimum absolute atomic E-state index is 0.359. The van der Waals surface area contributed by atoms with Crippen LogP contribution in [-0.2, 0) is 0 Å². The fourth-order valence-electron chi connectivity index (χ4n) is 4.08. The molecule has 3 heteroatoms. The van der Waals surface area contributed by atoms with Crippen molar-refractivity contribution in [3.8, 4) is 6.07 Å². The summed E-state index contributed by atoms with van der Waals surface area (Å²) >= 11 is 0. The second kappa shape index (κ2) is 6.24. The monoisotopic (exact) mass is 263 g/mol. The van der Waals surface area contributed by atoms with Crippen LogP contribution in [0.1, 0.15) is 59.3 Å². The molecule has 0 radical (unpaired) electrons. The molecule has 0 spiro atoms. The molecule has 0 aromatic heterocycles.